The average Bonchev–Trinajstić information content (AvgIpc) is 2.25. The summed E-state index contributed by atoms with van der Waals surface area (Å²) in [6.45, 7) is 1.37. The Hall–Kier alpha value is -2.02. The third-order valence-corrected chi connectivity index (χ3v) is 1.93. The van der Waals surface area contributed by atoms with Crippen molar-refractivity contribution in [1.29, 1.82) is 5.26 Å². The molecule has 0 aromatic heterocycles. The summed E-state index contributed by atoms with van der Waals surface area (Å²) >= 11 is 0. The van der Waals surface area contributed by atoms with Gasteiger partial charge in [0, 0.05) is 12.5 Å². The molecule has 0 aliphatic heterocycles. The Bertz CT molecular complexity index is 396. The van der Waals surface area contributed by atoms with Crippen LogP contribution in [0.4, 0.5) is 0 Å². The largest absolute Gasteiger partial charge is 0.496 e. The van der Waals surface area contributed by atoms with Crippen molar-refractivity contribution >= 4 is 5.91 Å². The van der Waals surface area contributed by atoms with Crippen LogP contribution < -0.4 is 10.1 Å². The molecule has 0 unspecified atom stereocenters. The molecule has 15 heavy (non-hydrogen) atoms. The van der Waals surface area contributed by atoms with E-state index < -0.39 is 6.04 Å². The van der Waals surface area contributed by atoms with Crippen LogP contribution in [-0.4, -0.2) is 13.0 Å². The molecular formula is C11H12N2O2. The highest BCUT2D eigenvalue weighted by Gasteiger charge is 2.15. The van der Waals surface area contributed by atoms with Gasteiger partial charge < -0.3 is 10.1 Å². The van der Waals surface area contributed by atoms with E-state index in [1.165, 1.54) is 14.0 Å². The number of para-hydroxylation sites is 1. The van der Waals surface area contributed by atoms with Gasteiger partial charge in [-0.15, -0.1) is 0 Å². The van der Waals surface area contributed by atoms with Crippen molar-refractivity contribution in [2.75, 3.05) is 7.11 Å². The van der Waals surface area contributed by atoms with Gasteiger partial charge in [-0.05, 0) is 6.07 Å². The molecule has 0 fully saturated rings. The molecule has 1 aromatic rings. The fraction of sp³-hybridized carbons (Fsp3) is 0.273. The second-order valence-corrected chi connectivity index (χ2v) is 3.00. The van der Waals surface area contributed by atoms with Crippen LogP contribution in [0.15, 0.2) is 24.3 Å². The second-order valence-electron chi connectivity index (χ2n) is 3.00. The van der Waals surface area contributed by atoms with E-state index in [2.05, 4.69) is 5.32 Å². The Kier molecular flexibility index (Phi) is 3.69. The zero-order valence-electron chi connectivity index (χ0n) is 8.65. The molecule has 1 rings (SSSR count). The van der Waals surface area contributed by atoms with Crippen LogP contribution >= 0.6 is 0 Å². The van der Waals surface area contributed by atoms with Gasteiger partial charge in [-0.1, -0.05) is 18.2 Å². The van der Waals surface area contributed by atoms with Crippen LogP contribution in [0.5, 0.6) is 5.75 Å². The van der Waals surface area contributed by atoms with Gasteiger partial charge in [-0.3, -0.25) is 4.79 Å². The molecule has 78 valence electrons. The predicted octanol–water partition coefficient (Wildman–Crippen LogP) is 1.40. The summed E-state index contributed by atoms with van der Waals surface area (Å²) in [6.07, 6.45) is 0. The lowest BCUT2D eigenvalue weighted by Crippen LogP contribution is -2.25. The summed E-state index contributed by atoms with van der Waals surface area (Å²) < 4.78 is 5.11. The number of rotatable bonds is 3. The molecule has 0 saturated carbocycles. The molecule has 1 atom stereocenters. The van der Waals surface area contributed by atoms with Crippen LogP contribution in [0, 0.1) is 11.3 Å². The second kappa shape index (κ2) is 5.01. The Morgan fingerprint density at radius 3 is 2.73 bits per heavy atom. The Morgan fingerprint density at radius 1 is 1.53 bits per heavy atom. The van der Waals surface area contributed by atoms with E-state index in [9.17, 15) is 4.79 Å². The highest BCUT2D eigenvalue weighted by Crippen LogP contribution is 2.23. The highest BCUT2D eigenvalue weighted by molar-refractivity contribution is 5.74. The molecule has 4 heteroatoms. The number of carbonyl (C=O) groups excluding carboxylic acids is 1. The third kappa shape index (κ3) is 2.71. The minimum atomic E-state index is -0.668. The number of methoxy groups -OCH3 is 1. The summed E-state index contributed by atoms with van der Waals surface area (Å²) in [5.41, 5.74) is 0.665. The highest BCUT2D eigenvalue weighted by atomic mass is 16.5. The van der Waals surface area contributed by atoms with E-state index in [0.717, 1.165) is 0 Å². The molecule has 1 amide bonds. The Morgan fingerprint density at radius 2 is 2.20 bits per heavy atom. The lowest BCUT2D eigenvalue weighted by atomic mass is 10.1. The zero-order valence-corrected chi connectivity index (χ0v) is 8.65. The van der Waals surface area contributed by atoms with E-state index in [1.807, 2.05) is 12.1 Å². The van der Waals surface area contributed by atoms with Gasteiger partial charge in [0.2, 0.25) is 5.91 Å². The van der Waals surface area contributed by atoms with Crippen molar-refractivity contribution in [3.05, 3.63) is 29.8 Å². The summed E-state index contributed by atoms with van der Waals surface area (Å²) in [4.78, 5) is 10.9. The molecule has 1 N–H and O–H groups in total. The van der Waals surface area contributed by atoms with E-state index in [-0.39, 0.29) is 5.91 Å². The predicted molar refractivity (Wildman–Crippen MR) is 55.2 cm³/mol. The van der Waals surface area contributed by atoms with Crippen LogP contribution in [-0.2, 0) is 4.79 Å². The van der Waals surface area contributed by atoms with Gasteiger partial charge in [-0.2, -0.15) is 5.26 Å². The summed E-state index contributed by atoms with van der Waals surface area (Å²) in [6, 6.07) is 8.45. The quantitative estimate of drug-likeness (QED) is 0.809. The lowest BCUT2D eigenvalue weighted by Gasteiger charge is -2.13. The first-order valence-electron chi connectivity index (χ1n) is 4.48. The normalized spacial score (nSPS) is 11.3. The minimum Gasteiger partial charge on any atom is -0.496 e. The molecule has 0 aliphatic carbocycles. The number of amides is 1. The Labute approximate surface area is 88.5 Å². The van der Waals surface area contributed by atoms with Gasteiger partial charge in [-0.25, -0.2) is 0 Å². The first kappa shape index (κ1) is 11.1. The van der Waals surface area contributed by atoms with Gasteiger partial charge in [0.1, 0.15) is 11.8 Å². The topological polar surface area (TPSA) is 62.1 Å². The van der Waals surface area contributed by atoms with E-state index in [0.29, 0.717) is 11.3 Å². The molecule has 0 saturated heterocycles. The van der Waals surface area contributed by atoms with Crippen LogP contribution in [0.2, 0.25) is 0 Å². The van der Waals surface area contributed by atoms with Crippen molar-refractivity contribution in [1.82, 2.24) is 5.32 Å². The van der Waals surface area contributed by atoms with Gasteiger partial charge in [0.05, 0.1) is 13.2 Å². The third-order valence-electron chi connectivity index (χ3n) is 1.93. The van der Waals surface area contributed by atoms with Crippen molar-refractivity contribution in [2.45, 2.75) is 13.0 Å². The number of hydrogen-bond acceptors (Lipinski definition) is 3. The summed E-state index contributed by atoms with van der Waals surface area (Å²) in [5.74, 6) is 0.352. The molecular weight excluding hydrogens is 192 g/mol. The maximum atomic E-state index is 10.9. The molecule has 0 heterocycles. The van der Waals surface area contributed by atoms with E-state index in [4.69, 9.17) is 10.00 Å². The number of hydrogen-bond donors (Lipinski definition) is 1. The minimum absolute atomic E-state index is 0.243. The standard InChI is InChI=1S/C11H12N2O2/c1-8(14)13-10(7-12)9-5-3-4-6-11(9)15-2/h3-6,10H,1-2H3,(H,13,14)/t10-/m0/s1. The molecule has 0 aliphatic rings. The Balaban J connectivity index is 3.02. The number of benzene rings is 1. The van der Waals surface area contributed by atoms with Crippen LogP contribution in [0.3, 0.4) is 0 Å². The lowest BCUT2D eigenvalue weighted by molar-refractivity contribution is -0.119. The van der Waals surface area contributed by atoms with Crippen molar-refractivity contribution in [3.8, 4) is 11.8 Å². The van der Waals surface area contributed by atoms with E-state index in [1.54, 1.807) is 18.2 Å². The van der Waals surface area contributed by atoms with Gasteiger partial charge in [0.25, 0.3) is 0 Å². The van der Waals surface area contributed by atoms with Gasteiger partial charge in [0.15, 0.2) is 0 Å². The van der Waals surface area contributed by atoms with Crippen LogP contribution in [0.25, 0.3) is 0 Å². The maximum Gasteiger partial charge on any atom is 0.218 e. The zero-order chi connectivity index (χ0) is 11.3. The van der Waals surface area contributed by atoms with Gasteiger partial charge >= 0.3 is 0 Å². The summed E-state index contributed by atoms with van der Waals surface area (Å²) in [5, 5.41) is 11.5. The fourth-order valence-electron chi connectivity index (χ4n) is 1.29. The molecule has 4 nitrogen and oxygen atoms in total. The molecule has 0 spiro atoms. The summed E-state index contributed by atoms with van der Waals surface area (Å²) in [7, 11) is 1.53. The number of nitrogens with one attached hydrogen (secondary N) is 1. The average molecular weight is 204 g/mol. The number of nitrogens with zero attached hydrogens (tertiary/aromatic N) is 1. The first-order chi connectivity index (χ1) is 7.19. The maximum absolute atomic E-state index is 10.9. The van der Waals surface area contributed by atoms with Crippen LogP contribution in [0.1, 0.15) is 18.5 Å². The number of carbonyl (C=O) groups is 1. The molecule has 0 radical (unpaired) electrons. The van der Waals surface area contributed by atoms with E-state index >= 15 is 0 Å². The SMILES string of the molecule is COc1ccccc1[C@H](C#N)NC(C)=O. The smallest absolute Gasteiger partial charge is 0.218 e. The monoisotopic (exact) mass is 204 g/mol. The molecule has 0 bridgehead atoms. The molecule has 1 aromatic carbocycles. The number of ether oxygens (including phenoxy) is 1. The van der Waals surface area contributed by atoms with Crippen molar-refractivity contribution in [3.63, 3.8) is 0 Å². The number of nitriles is 1. The van der Waals surface area contributed by atoms with Crippen molar-refractivity contribution in [2.24, 2.45) is 0 Å². The van der Waals surface area contributed by atoms with Crippen molar-refractivity contribution < 1.29 is 9.53 Å². The first-order valence-corrected chi connectivity index (χ1v) is 4.48. The fourth-order valence-corrected chi connectivity index (χ4v) is 1.29.